The quantitative estimate of drug-likeness (QED) is 0.555. The van der Waals surface area contributed by atoms with Crippen LogP contribution in [0.4, 0.5) is 18.0 Å². The number of carboxylic acid groups (broad SMARTS) is 1. The average molecular weight is 413 g/mol. The van der Waals surface area contributed by atoms with Crippen LogP contribution in [0, 0.1) is 0 Å². The molecule has 0 aliphatic carbocycles. The zero-order chi connectivity index (χ0) is 21.6. The Morgan fingerprint density at radius 2 is 1.72 bits per heavy atom. The number of alkyl carbamates (subject to hydrolysis) is 1. The molecule has 0 aliphatic rings. The molecule has 2 aromatic rings. The van der Waals surface area contributed by atoms with E-state index in [1.165, 1.54) is 0 Å². The van der Waals surface area contributed by atoms with E-state index in [0.717, 1.165) is 6.07 Å². The van der Waals surface area contributed by atoms with Crippen molar-refractivity contribution in [3.8, 4) is 0 Å². The maximum absolute atomic E-state index is 12.9. The molecular weight excluding hydrogens is 395 g/mol. The number of nitrogens with one attached hydrogen (secondary N) is 1. The molecule has 0 bridgehead atoms. The van der Waals surface area contributed by atoms with E-state index in [1.54, 1.807) is 30.3 Å². The molecule has 2 aromatic carbocycles. The maximum atomic E-state index is 12.9. The Balaban J connectivity index is 2.00. The van der Waals surface area contributed by atoms with Crippen molar-refractivity contribution in [1.29, 1.82) is 0 Å². The normalized spacial score (nSPS) is 13.4. The fourth-order valence-electron chi connectivity index (χ4n) is 2.41. The zero-order valence-electron chi connectivity index (χ0n) is 14.9. The van der Waals surface area contributed by atoms with E-state index in [4.69, 9.17) is 9.84 Å². The Hall–Kier alpha value is -3.11. The number of alkyl halides is 3. The number of ether oxygens (including phenoxy) is 1. The van der Waals surface area contributed by atoms with Crippen molar-refractivity contribution in [3.63, 3.8) is 0 Å². The Morgan fingerprint density at radius 1 is 1.07 bits per heavy atom. The number of carbonyl (C=O) groups excluding carboxylic acids is 1. The van der Waals surface area contributed by atoms with Gasteiger partial charge in [0.2, 0.25) is 0 Å². The van der Waals surface area contributed by atoms with E-state index in [2.05, 4.69) is 5.32 Å². The summed E-state index contributed by atoms with van der Waals surface area (Å²) in [5.74, 6) is -1.62. The topological polar surface area (TPSA) is 116 Å². The highest BCUT2D eigenvalue weighted by Gasteiger charge is 2.33. The molecule has 0 radical (unpaired) electrons. The van der Waals surface area contributed by atoms with Gasteiger partial charge in [-0.1, -0.05) is 30.3 Å². The first-order valence-corrected chi connectivity index (χ1v) is 8.34. The van der Waals surface area contributed by atoms with Gasteiger partial charge in [0.15, 0.2) is 0 Å². The summed E-state index contributed by atoms with van der Waals surface area (Å²) in [5, 5.41) is 31.2. The van der Waals surface area contributed by atoms with E-state index >= 15 is 0 Å². The number of aliphatic hydroxyl groups is 2. The molecule has 4 N–H and O–H groups in total. The zero-order valence-corrected chi connectivity index (χ0v) is 14.9. The predicted molar refractivity (Wildman–Crippen MR) is 94.0 cm³/mol. The molecule has 0 saturated carbocycles. The number of hydrogen-bond acceptors (Lipinski definition) is 5. The second-order valence-corrected chi connectivity index (χ2v) is 6.10. The maximum Gasteiger partial charge on any atom is 0.416 e. The summed E-state index contributed by atoms with van der Waals surface area (Å²) in [6, 6.07) is 10.5. The molecule has 2 atom stereocenters. The van der Waals surface area contributed by atoms with Gasteiger partial charge < -0.3 is 25.4 Å². The van der Waals surface area contributed by atoms with Crippen molar-refractivity contribution in [1.82, 2.24) is 5.32 Å². The molecular formula is C19H18F3NO6. The highest BCUT2D eigenvalue weighted by atomic mass is 19.4. The molecule has 0 saturated heterocycles. The third-order valence-electron chi connectivity index (χ3n) is 3.90. The molecule has 7 nitrogen and oxygen atoms in total. The number of halogens is 3. The number of rotatable bonds is 7. The fraction of sp³-hybridized carbons (Fsp3) is 0.263. The van der Waals surface area contributed by atoms with E-state index in [9.17, 15) is 33.0 Å². The van der Waals surface area contributed by atoms with Crippen LogP contribution in [0.15, 0.2) is 48.5 Å². The van der Waals surface area contributed by atoms with Crippen LogP contribution in [0.2, 0.25) is 0 Å². The fourth-order valence-corrected chi connectivity index (χ4v) is 2.41. The monoisotopic (exact) mass is 413 g/mol. The lowest BCUT2D eigenvalue weighted by Gasteiger charge is -2.20. The van der Waals surface area contributed by atoms with Crippen molar-refractivity contribution in [2.45, 2.75) is 25.0 Å². The number of benzene rings is 2. The Labute approximate surface area is 163 Å². The summed E-state index contributed by atoms with van der Waals surface area (Å²) in [5.41, 5.74) is -1.72. The van der Waals surface area contributed by atoms with Crippen LogP contribution < -0.4 is 5.32 Å². The number of carboxylic acids is 1. The van der Waals surface area contributed by atoms with Gasteiger partial charge in [0, 0.05) is 6.54 Å². The largest absolute Gasteiger partial charge is 0.478 e. The second-order valence-electron chi connectivity index (χ2n) is 6.10. The molecule has 0 heterocycles. The van der Waals surface area contributed by atoms with Crippen LogP contribution in [0.3, 0.4) is 0 Å². The van der Waals surface area contributed by atoms with Gasteiger partial charge in [0.1, 0.15) is 18.8 Å². The predicted octanol–water partition coefficient (Wildman–Crippen LogP) is 2.72. The summed E-state index contributed by atoms with van der Waals surface area (Å²) in [7, 11) is 0. The summed E-state index contributed by atoms with van der Waals surface area (Å²) in [6.07, 6.45) is -9.32. The Morgan fingerprint density at radius 3 is 2.31 bits per heavy atom. The Bertz CT molecular complexity index is 857. The van der Waals surface area contributed by atoms with Crippen molar-refractivity contribution >= 4 is 12.1 Å². The van der Waals surface area contributed by atoms with Gasteiger partial charge in [0.25, 0.3) is 0 Å². The lowest BCUT2D eigenvalue weighted by atomic mass is 9.98. The molecule has 1 amide bonds. The summed E-state index contributed by atoms with van der Waals surface area (Å²) in [6.45, 7) is -0.575. The average Bonchev–Trinajstić information content (AvgIpc) is 2.69. The number of aliphatic hydroxyl groups excluding tert-OH is 2. The first-order valence-electron chi connectivity index (χ1n) is 8.34. The van der Waals surface area contributed by atoms with Crippen molar-refractivity contribution in [2.24, 2.45) is 0 Å². The van der Waals surface area contributed by atoms with E-state index < -0.39 is 53.7 Å². The van der Waals surface area contributed by atoms with Gasteiger partial charge >= 0.3 is 18.2 Å². The number of carbonyl (C=O) groups is 2. The standard InChI is InChI=1S/C19H18F3NO6/c20-19(21,22)14-7-12(6-13(8-14)17(26)27)16(25)15(24)9-23-18(28)29-10-11-4-2-1-3-5-11/h1-8,15-16,24-25H,9-10H2,(H,23,28)(H,26,27). The molecule has 0 fully saturated rings. The highest BCUT2D eigenvalue weighted by molar-refractivity contribution is 5.88. The molecule has 156 valence electrons. The molecule has 0 spiro atoms. The van der Waals surface area contributed by atoms with Crippen molar-refractivity contribution in [2.75, 3.05) is 6.54 Å². The highest BCUT2D eigenvalue weighted by Crippen LogP contribution is 2.32. The van der Waals surface area contributed by atoms with E-state index in [-0.39, 0.29) is 6.61 Å². The molecule has 0 aliphatic heterocycles. The summed E-state index contributed by atoms with van der Waals surface area (Å²) >= 11 is 0. The molecule has 0 aromatic heterocycles. The van der Waals surface area contributed by atoms with E-state index in [1.807, 2.05) is 0 Å². The smallest absolute Gasteiger partial charge is 0.416 e. The number of hydrogen-bond donors (Lipinski definition) is 4. The Kier molecular flexibility index (Phi) is 7.18. The lowest BCUT2D eigenvalue weighted by Crippen LogP contribution is -2.36. The van der Waals surface area contributed by atoms with Crippen LogP contribution in [-0.2, 0) is 17.5 Å². The van der Waals surface area contributed by atoms with Crippen molar-refractivity contribution in [3.05, 3.63) is 70.8 Å². The molecule has 2 unspecified atom stereocenters. The van der Waals surface area contributed by atoms with Crippen LogP contribution in [0.25, 0.3) is 0 Å². The summed E-state index contributed by atoms with van der Waals surface area (Å²) in [4.78, 5) is 22.7. The van der Waals surface area contributed by atoms with Gasteiger partial charge in [-0.25, -0.2) is 9.59 Å². The molecule has 29 heavy (non-hydrogen) atoms. The van der Waals surface area contributed by atoms with Crippen LogP contribution in [0.5, 0.6) is 0 Å². The van der Waals surface area contributed by atoms with Gasteiger partial charge in [-0.2, -0.15) is 13.2 Å². The molecule has 2 rings (SSSR count). The first kappa shape index (κ1) is 22.2. The lowest BCUT2D eigenvalue weighted by molar-refractivity contribution is -0.137. The van der Waals surface area contributed by atoms with Gasteiger partial charge in [0.05, 0.1) is 11.1 Å². The van der Waals surface area contributed by atoms with Crippen molar-refractivity contribution < 1.29 is 42.8 Å². The van der Waals surface area contributed by atoms with Crippen LogP contribution >= 0.6 is 0 Å². The third kappa shape index (κ3) is 6.47. The second kappa shape index (κ2) is 9.39. The van der Waals surface area contributed by atoms with Gasteiger partial charge in [-0.05, 0) is 29.3 Å². The minimum Gasteiger partial charge on any atom is -0.478 e. The van der Waals surface area contributed by atoms with Crippen LogP contribution in [0.1, 0.15) is 33.2 Å². The molecule has 10 heteroatoms. The van der Waals surface area contributed by atoms with E-state index in [0.29, 0.717) is 17.7 Å². The van der Waals surface area contributed by atoms with Gasteiger partial charge in [-0.15, -0.1) is 0 Å². The first-order chi connectivity index (χ1) is 13.6. The third-order valence-corrected chi connectivity index (χ3v) is 3.90. The van der Waals surface area contributed by atoms with Gasteiger partial charge in [-0.3, -0.25) is 0 Å². The van der Waals surface area contributed by atoms with Crippen LogP contribution in [-0.4, -0.2) is 40.0 Å². The minimum absolute atomic E-state index is 0.0408. The number of amides is 1. The SMILES string of the molecule is O=C(NCC(O)C(O)c1cc(C(=O)O)cc(C(F)(F)F)c1)OCc1ccccc1. The summed E-state index contributed by atoms with van der Waals surface area (Å²) < 4.78 is 43.7. The number of aromatic carboxylic acids is 1. The minimum atomic E-state index is -4.84.